The molecule has 0 saturated carbocycles. The molecule has 0 spiro atoms. The number of hydrogen-bond acceptors (Lipinski definition) is 5. The van der Waals surface area contributed by atoms with Gasteiger partial charge in [0.2, 0.25) is 10.0 Å². The van der Waals surface area contributed by atoms with Gasteiger partial charge >= 0.3 is 0 Å². The normalized spacial score (nSPS) is 18.5. The van der Waals surface area contributed by atoms with Crippen LogP contribution in [0.2, 0.25) is 0 Å². The highest BCUT2D eigenvalue weighted by molar-refractivity contribution is 7.89. The summed E-state index contributed by atoms with van der Waals surface area (Å²) in [4.78, 5) is 2.48. The van der Waals surface area contributed by atoms with Crippen LogP contribution in [0.15, 0.2) is 15.4 Å². The Morgan fingerprint density at radius 2 is 2.05 bits per heavy atom. The lowest BCUT2D eigenvalue weighted by atomic mass is 10.1. The van der Waals surface area contributed by atoms with E-state index in [-0.39, 0.29) is 23.3 Å². The molecule has 0 bridgehead atoms. The molecule has 120 valence electrons. The third-order valence-electron chi connectivity index (χ3n) is 4.25. The smallest absolute Gasteiger partial charge is 0.246 e. The van der Waals surface area contributed by atoms with Gasteiger partial charge in [0.25, 0.3) is 0 Å². The zero-order chi connectivity index (χ0) is 15.6. The Morgan fingerprint density at radius 1 is 1.43 bits per heavy atom. The molecule has 1 fully saturated rings. The van der Waals surface area contributed by atoms with Crippen LogP contribution in [0, 0.1) is 6.92 Å². The molecule has 1 aliphatic heterocycles. The molecule has 0 amide bonds. The predicted octanol–water partition coefficient (Wildman–Crippen LogP) is 1.19. The van der Waals surface area contributed by atoms with Gasteiger partial charge in [-0.2, -0.15) is 4.31 Å². The van der Waals surface area contributed by atoms with Crippen LogP contribution < -0.4 is 0 Å². The summed E-state index contributed by atoms with van der Waals surface area (Å²) < 4.78 is 32.1. The number of likely N-dealkylation sites (tertiary alicyclic amines) is 1. The average Bonchev–Trinajstić information content (AvgIpc) is 2.88. The molecule has 2 heterocycles. The second kappa shape index (κ2) is 6.48. The highest BCUT2D eigenvalue weighted by Gasteiger charge is 2.32. The van der Waals surface area contributed by atoms with Crippen molar-refractivity contribution in [2.45, 2.75) is 44.2 Å². The van der Waals surface area contributed by atoms with Gasteiger partial charge in [0.1, 0.15) is 23.0 Å². The number of hydrogen-bond donors (Lipinski definition) is 1. The van der Waals surface area contributed by atoms with Crippen LogP contribution in [0.5, 0.6) is 0 Å². The Kier molecular flexibility index (Phi) is 5.08. The molecule has 1 aromatic heterocycles. The summed E-state index contributed by atoms with van der Waals surface area (Å²) in [5.41, 5.74) is 0. The van der Waals surface area contributed by atoms with E-state index in [2.05, 4.69) is 11.8 Å². The second-order valence-corrected chi connectivity index (χ2v) is 7.44. The lowest BCUT2D eigenvalue weighted by Gasteiger charge is -2.35. The lowest BCUT2D eigenvalue weighted by molar-refractivity contribution is 0.176. The number of sulfonamides is 1. The minimum atomic E-state index is -3.57. The number of aliphatic hydroxyl groups excluding tert-OH is 1. The topological polar surface area (TPSA) is 74.0 Å². The zero-order valence-electron chi connectivity index (χ0n) is 12.9. The van der Waals surface area contributed by atoms with Crippen LogP contribution in [0.1, 0.15) is 31.3 Å². The maximum Gasteiger partial charge on any atom is 0.246 e. The van der Waals surface area contributed by atoms with Gasteiger partial charge in [0.05, 0.1) is 0 Å². The fraction of sp³-hybridized carbons (Fsp3) is 0.714. The minimum absolute atomic E-state index is 0.0182. The molecule has 0 radical (unpaired) electrons. The summed E-state index contributed by atoms with van der Waals surface area (Å²) in [6.07, 6.45) is 1.68. The Bertz CT molecular complexity index is 574. The van der Waals surface area contributed by atoms with Crippen molar-refractivity contribution >= 4 is 10.0 Å². The van der Waals surface area contributed by atoms with E-state index < -0.39 is 10.0 Å². The van der Waals surface area contributed by atoms with E-state index in [0.29, 0.717) is 5.76 Å². The molecule has 1 saturated heterocycles. The van der Waals surface area contributed by atoms with Gasteiger partial charge in [-0.05, 0) is 39.4 Å². The number of aliphatic hydroxyl groups is 1. The molecule has 1 aromatic rings. The number of furan rings is 1. The Labute approximate surface area is 126 Å². The zero-order valence-corrected chi connectivity index (χ0v) is 13.7. The molecule has 0 atom stereocenters. The average molecular weight is 316 g/mol. The van der Waals surface area contributed by atoms with Gasteiger partial charge in [0.15, 0.2) is 0 Å². The number of piperidine rings is 1. The van der Waals surface area contributed by atoms with Gasteiger partial charge in [-0.15, -0.1) is 0 Å². The first kappa shape index (κ1) is 16.5. The molecule has 0 aromatic carbocycles. The molecule has 21 heavy (non-hydrogen) atoms. The van der Waals surface area contributed by atoms with E-state index in [1.54, 1.807) is 14.0 Å². The summed E-state index contributed by atoms with van der Waals surface area (Å²) in [5, 5.41) is 9.08. The van der Waals surface area contributed by atoms with Crippen molar-refractivity contribution in [2.24, 2.45) is 0 Å². The second-order valence-electron chi connectivity index (χ2n) is 5.48. The molecule has 0 unspecified atom stereocenters. The van der Waals surface area contributed by atoms with E-state index in [4.69, 9.17) is 9.52 Å². The third-order valence-corrected chi connectivity index (χ3v) is 6.27. The van der Waals surface area contributed by atoms with E-state index in [9.17, 15) is 8.42 Å². The predicted molar refractivity (Wildman–Crippen MR) is 79.5 cm³/mol. The maximum atomic E-state index is 12.7. The van der Waals surface area contributed by atoms with Crippen molar-refractivity contribution in [3.63, 3.8) is 0 Å². The standard InChI is InChI=1S/C14H24N2O4S/c1-4-16-7-5-12(6-8-16)15(3)21(18,19)14-9-13(10-17)20-11(14)2/h9,12,17H,4-8,10H2,1-3H3. The molecule has 7 heteroatoms. The van der Waals surface area contributed by atoms with Crippen LogP contribution in [0.4, 0.5) is 0 Å². The summed E-state index contributed by atoms with van der Waals surface area (Å²) in [7, 11) is -1.94. The molecule has 0 aliphatic carbocycles. The monoisotopic (exact) mass is 316 g/mol. The summed E-state index contributed by atoms with van der Waals surface area (Å²) in [5.74, 6) is 0.608. The Hall–Kier alpha value is -0.890. The van der Waals surface area contributed by atoms with Gasteiger partial charge in [-0.25, -0.2) is 8.42 Å². The molecular weight excluding hydrogens is 292 g/mol. The number of nitrogens with zero attached hydrogens (tertiary/aromatic N) is 2. The molecule has 2 rings (SSSR count). The van der Waals surface area contributed by atoms with Crippen molar-refractivity contribution in [1.29, 1.82) is 0 Å². The first-order chi connectivity index (χ1) is 9.90. The van der Waals surface area contributed by atoms with Crippen molar-refractivity contribution < 1.29 is 17.9 Å². The third kappa shape index (κ3) is 3.31. The van der Waals surface area contributed by atoms with E-state index in [1.807, 2.05) is 0 Å². The summed E-state index contributed by atoms with van der Waals surface area (Å²) in [6.45, 7) is 6.28. The molecule has 1 N–H and O–H groups in total. The van der Waals surface area contributed by atoms with Crippen molar-refractivity contribution in [3.8, 4) is 0 Å². The van der Waals surface area contributed by atoms with E-state index >= 15 is 0 Å². The van der Waals surface area contributed by atoms with Crippen molar-refractivity contribution in [2.75, 3.05) is 26.7 Å². The van der Waals surface area contributed by atoms with Crippen molar-refractivity contribution in [3.05, 3.63) is 17.6 Å². The fourth-order valence-corrected chi connectivity index (χ4v) is 4.41. The molecular formula is C14H24N2O4S. The van der Waals surface area contributed by atoms with Crippen molar-refractivity contribution in [1.82, 2.24) is 9.21 Å². The lowest BCUT2D eigenvalue weighted by Crippen LogP contribution is -2.45. The van der Waals surface area contributed by atoms with Crippen LogP contribution in [0.25, 0.3) is 0 Å². The molecule has 6 nitrogen and oxygen atoms in total. The van der Waals surface area contributed by atoms with Crippen LogP contribution in [-0.4, -0.2) is 55.5 Å². The van der Waals surface area contributed by atoms with Gasteiger partial charge in [-0.1, -0.05) is 6.92 Å². The number of rotatable bonds is 5. The maximum absolute atomic E-state index is 12.7. The summed E-state index contributed by atoms with van der Waals surface area (Å²) in [6, 6.07) is 1.44. The minimum Gasteiger partial charge on any atom is -0.462 e. The largest absolute Gasteiger partial charge is 0.462 e. The van der Waals surface area contributed by atoms with Gasteiger partial charge in [-0.3, -0.25) is 0 Å². The van der Waals surface area contributed by atoms with E-state index in [0.717, 1.165) is 32.5 Å². The SMILES string of the molecule is CCN1CCC(N(C)S(=O)(=O)c2cc(CO)oc2C)CC1. The van der Waals surface area contributed by atoms with Crippen LogP contribution in [0.3, 0.4) is 0 Å². The number of aryl methyl sites for hydroxylation is 1. The quantitative estimate of drug-likeness (QED) is 0.883. The first-order valence-corrected chi connectivity index (χ1v) is 8.74. The van der Waals surface area contributed by atoms with Crippen LogP contribution in [-0.2, 0) is 16.6 Å². The van der Waals surface area contributed by atoms with E-state index in [1.165, 1.54) is 10.4 Å². The van der Waals surface area contributed by atoms with Crippen LogP contribution >= 0.6 is 0 Å². The fourth-order valence-electron chi connectivity index (χ4n) is 2.81. The summed E-state index contributed by atoms with van der Waals surface area (Å²) >= 11 is 0. The first-order valence-electron chi connectivity index (χ1n) is 7.30. The van der Waals surface area contributed by atoms with Gasteiger partial charge in [0, 0.05) is 19.2 Å². The Balaban J connectivity index is 2.17. The van der Waals surface area contributed by atoms with Gasteiger partial charge < -0.3 is 14.4 Å². The molecule has 1 aliphatic rings. The highest BCUT2D eigenvalue weighted by Crippen LogP contribution is 2.27. The Morgan fingerprint density at radius 3 is 2.52 bits per heavy atom. The highest BCUT2D eigenvalue weighted by atomic mass is 32.2.